The molecule has 2 heterocycles. The molecule has 0 amide bonds. The zero-order valence-electron chi connectivity index (χ0n) is 11.5. The topological polar surface area (TPSA) is 45.2 Å². The molecule has 3 aliphatic rings. The molecule has 4 unspecified atom stereocenters. The van der Waals surface area contributed by atoms with Crippen LogP contribution in [0, 0.1) is 11.8 Å². The Kier molecular flexibility index (Phi) is 2.37. The number of nitrogens with one attached hydrogen (secondary N) is 1. The van der Waals surface area contributed by atoms with Gasteiger partial charge in [0, 0.05) is 24.2 Å². The zero-order chi connectivity index (χ0) is 13.1. The number of piperidine rings is 1. The van der Waals surface area contributed by atoms with Crippen molar-refractivity contribution in [3.8, 4) is 0 Å². The lowest BCUT2D eigenvalue weighted by Crippen LogP contribution is -2.67. The van der Waals surface area contributed by atoms with Crippen LogP contribution in [-0.2, 0) is 12.0 Å². The van der Waals surface area contributed by atoms with Crippen LogP contribution >= 0.6 is 0 Å². The SMILES string of the molecule is CC1CC2(O)Cc3ncccc3C3(C1)NCCCC23. The second kappa shape index (κ2) is 3.80. The van der Waals surface area contributed by atoms with Crippen LogP contribution in [0.2, 0.25) is 0 Å². The third-order valence-corrected chi connectivity index (χ3v) is 5.57. The van der Waals surface area contributed by atoms with E-state index >= 15 is 0 Å². The van der Waals surface area contributed by atoms with Crippen LogP contribution in [0.25, 0.3) is 0 Å². The van der Waals surface area contributed by atoms with Crippen molar-refractivity contribution in [1.29, 1.82) is 0 Å². The van der Waals surface area contributed by atoms with Crippen LogP contribution in [0.1, 0.15) is 43.9 Å². The minimum atomic E-state index is -0.549. The average Bonchev–Trinajstić information content (AvgIpc) is 2.37. The Morgan fingerprint density at radius 3 is 3.21 bits per heavy atom. The van der Waals surface area contributed by atoms with E-state index in [1.807, 2.05) is 12.3 Å². The lowest BCUT2D eigenvalue weighted by atomic mass is 9.52. The van der Waals surface area contributed by atoms with E-state index in [0.717, 1.165) is 37.9 Å². The van der Waals surface area contributed by atoms with Gasteiger partial charge < -0.3 is 10.4 Å². The number of aromatic nitrogens is 1. The summed E-state index contributed by atoms with van der Waals surface area (Å²) >= 11 is 0. The van der Waals surface area contributed by atoms with Crippen LogP contribution < -0.4 is 5.32 Å². The van der Waals surface area contributed by atoms with E-state index in [-0.39, 0.29) is 5.54 Å². The van der Waals surface area contributed by atoms with Gasteiger partial charge in [-0.25, -0.2) is 0 Å². The van der Waals surface area contributed by atoms with Crippen LogP contribution in [0.3, 0.4) is 0 Å². The maximum atomic E-state index is 11.2. The van der Waals surface area contributed by atoms with E-state index in [9.17, 15) is 5.11 Å². The second-order valence-electron chi connectivity index (χ2n) is 6.88. The number of hydrogen-bond acceptors (Lipinski definition) is 3. The lowest BCUT2D eigenvalue weighted by Gasteiger charge is -2.60. The zero-order valence-corrected chi connectivity index (χ0v) is 11.5. The summed E-state index contributed by atoms with van der Waals surface area (Å²) in [5.74, 6) is 0.932. The summed E-state index contributed by atoms with van der Waals surface area (Å²) in [6.45, 7) is 3.34. The molecule has 1 aromatic heterocycles. The highest BCUT2D eigenvalue weighted by atomic mass is 16.3. The fourth-order valence-corrected chi connectivity index (χ4v) is 5.16. The molecular formula is C16H22N2O. The number of rotatable bonds is 0. The number of hydrogen-bond donors (Lipinski definition) is 2. The Hall–Kier alpha value is -0.930. The van der Waals surface area contributed by atoms with Gasteiger partial charge in [-0.1, -0.05) is 13.0 Å². The highest BCUT2D eigenvalue weighted by Crippen LogP contribution is 2.56. The minimum Gasteiger partial charge on any atom is -0.389 e. The van der Waals surface area contributed by atoms with E-state index in [1.165, 1.54) is 12.0 Å². The molecule has 0 aromatic carbocycles. The first-order chi connectivity index (χ1) is 9.14. The molecule has 4 atom stereocenters. The molecule has 0 spiro atoms. The summed E-state index contributed by atoms with van der Waals surface area (Å²) in [5.41, 5.74) is 1.90. The molecule has 1 aliphatic heterocycles. The summed E-state index contributed by atoms with van der Waals surface area (Å²) in [5, 5.41) is 15.0. The summed E-state index contributed by atoms with van der Waals surface area (Å²) in [4.78, 5) is 4.56. The smallest absolute Gasteiger partial charge is 0.0754 e. The van der Waals surface area contributed by atoms with Gasteiger partial charge in [-0.3, -0.25) is 4.98 Å². The second-order valence-corrected chi connectivity index (χ2v) is 6.88. The maximum absolute atomic E-state index is 11.2. The third kappa shape index (κ3) is 1.49. The number of aliphatic hydroxyl groups is 1. The molecule has 102 valence electrons. The average molecular weight is 258 g/mol. The molecule has 1 saturated carbocycles. The quantitative estimate of drug-likeness (QED) is 0.748. The van der Waals surface area contributed by atoms with Gasteiger partial charge in [0.1, 0.15) is 0 Å². The molecule has 3 heteroatoms. The molecule has 2 bridgehead atoms. The van der Waals surface area contributed by atoms with Gasteiger partial charge in [0.2, 0.25) is 0 Å². The molecule has 0 radical (unpaired) electrons. The Bertz CT molecular complexity index is 517. The predicted molar refractivity (Wildman–Crippen MR) is 73.7 cm³/mol. The van der Waals surface area contributed by atoms with E-state index in [1.54, 1.807) is 0 Å². The first-order valence-corrected chi connectivity index (χ1v) is 7.56. The molecule has 2 fully saturated rings. The van der Waals surface area contributed by atoms with Gasteiger partial charge in [-0.15, -0.1) is 0 Å². The molecule has 3 nitrogen and oxygen atoms in total. The molecule has 2 N–H and O–H groups in total. The molecule has 1 saturated heterocycles. The normalized spacial score (nSPS) is 44.3. The van der Waals surface area contributed by atoms with Crippen molar-refractivity contribution in [2.24, 2.45) is 11.8 Å². The summed E-state index contributed by atoms with van der Waals surface area (Å²) in [6, 6.07) is 4.27. The van der Waals surface area contributed by atoms with Gasteiger partial charge in [0.25, 0.3) is 0 Å². The molecule has 1 aromatic rings. The van der Waals surface area contributed by atoms with E-state index in [4.69, 9.17) is 0 Å². The summed E-state index contributed by atoms with van der Waals surface area (Å²) < 4.78 is 0. The van der Waals surface area contributed by atoms with Crippen LogP contribution in [0.15, 0.2) is 18.3 Å². The van der Waals surface area contributed by atoms with Crippen molar-refractivity contribution in [3.63, 3.8) is 0 Å². The van der Waals surface area contributed by atoms with Crippen molar-refractivity contribution >= 4 is 0 Å². The van der Waals surface area contributed by atoms with Crippen molar-refractivity contribution in [2.75, 3.05) is 6.54 Å². The highest BCUT2D eigenvalue weighted by Gasteiger charge is 2.60. The van der Waals surface area contributed by atoms with Gasteiger partial charge >= 0.3 is 0 Å². The van der Waals surface area contributed by atoms with Crippen LogP contribution in [0.5, 0.6) is 0 Å². The summed E-state index contributed by atoms with van der Waals surface area (Å²) in [7, 11) is 0. The van der Waals surface area contributed by atoms with Gasteiger partial charge in [-0.05, 0) is 49.8 Å². The van der Waals surface area contributed by atoms with E-state index in [0.29, 0.717) is 11.8 Å². The fraction of sp³-hybridized carbons (Fsp3) is 0.688. The standard InChI is InChI=1S/C16H22N2O/c1-11-8-15(19)10-13-12(4-2-6-17-13)16(9-11)14(15)5-3-7-18-16/h2,4,6,11,14,18-19H,3,5,7-10H2,1H3. The number of pyridine rings is 1. The Labute approximate surface area is 114 Å². The van der Waals surface area contributed by atoms with Crippen molar-refractivity contribution < 1.29 is 5.11 Å². The molecule has 4 rings (SSSR count). The maximum Gasteiger partial charge on any atom is 0.0754 e. The van der Waals surface area contributed by atoms with Gasteiger partial charge in [0.05, 0.1) is 11.1 Å². The molecule has 19 heavy (non-hydrogen) atoms. The number of nitrogens with zero attached hydrogens (tertiary/aromatic N) is 1. The highest BCUT2D eigenvalue weighted by molar-refractivity contribution is 5.38. The van der Waals surface area contributed by atoms with Gasteiger partial charge in [0.15, 0.2) is 0 Å². The lowest BCUT2D eigenvalue weighted by molar-refractivity contribution is -0.134. The first kappa shape index (κ1) is 11.9. The Balaban J connectivity index is 1.94. The minimum absolute atomic E-state index is 0.0213. The van der Waals surface area contributed by atoms with Crippen LogP contribution in [-0.4, -0.2) is 22.2 Å². The first-order valence-electron chi connectivity index (χ1n) is 7.56. The summed E-state index contributed by atoms with van der Waals surface area (Å²) in [6.07, 6.45) is 6.99. The van der Waals surface area contributed by atoms with Crippen LogP contribution in [0.4, 0.5) is 0 Å². The Morgan fingerprint density at radius 2 is 2.32 bits per heavy atom. The molecular weight excluding hydrogens is 236 g/mol. The monoisotopic (exact) mass is 258 g/mol. The van der Waals surface area contributed by atoms with Crippen molar-refractivity contribution in [2.45, 2.75) is 50.2 Å². The van der Waals surface area contributed by atoms with E-state index < -0.39 is 5.60 Å². The van der Waals surface area contributed by atoms with Crippen molar-refractivity contribution in [3.05, 3.63) is 29.6 Å². The van der Waals surface area contributed by atoms with E-state index in [2.05, 4.69) is 23.3 Å². The van der Waals surface area contributed by atoms with Gasteiger partial charge in [-0.2, -0.15) is 0 Å². The predicted octanol–water partition coefficient (Wildman–Crippen LogP) is 1.99. The Morgan fingerprint density at radius 1 is 1.42 bits per heavy atom. The van der Waals surface area contributed by atoms with Crippen molar-refractivity contribution in [1.82, 2.24) is 10.3 Å². The third-order valence-electron chi connectivity index (χ3n) is 5.57. The fourth-order valence-electron chi connectivity index (χ4n) is 5.16. The number of fused-ring (bicyclic) bond motifs is 1. The molecule has 2 aliphatic carbocycles. The largest absolute Gasteiger partial charge is 0.389 e.